The van der Waals surface area contributed by atoms with Crippen LogP contribution < -0.4 is 5.73 Å². The monoisotopic (exact) mass is 159 g/mol. The number of rotatable bonds is 0. The van der Waals surface area contributed by atoms with Crippen LogP contribution in [-0.2, 0) is 4.74 Å². The molecule has 1 aliphatic carbocycles. The van der Waals surface area contributed by atoms with E-state index in [4.69, 9.17) is 10.5 Å². The molecule has 4 heteroatoms. The van der Waals surface area contributed by atoms with E-state index < -0.39 is 11.9 Å². The number of ether oxygens (including phenoxy) is 1. The van der Waals surface area contributed by atoms with Gasteiger partial charge < -0.3 is 20.7 Å². The molecule has 0 radical (unpaired) electrons. The number of nitrogens with two attached hydrogens (primary N) is 1. The molecule has 0 spiro atoms. The van der Waals surface area contributed by atoms with E-state index in [1.807, 2.05) is 0 Å². The number of aliphatic hydroxyl groups excluding tert-OH is 1. The van der Waals surface area contributed by atoms with Crippen LogP contribution in [0.25, 0.3) is 0 Å². The Morgan fingerprint density at radius 1 is 1.64 bits per heavy atom. The molecule has 2 aliphatic rings. The molecule has 4 nitrogen and oxygen atoms in total. The average Bonchev–Trinajstić information content (AvgIpc) is 2.57. The Bertz CT molecular complexity index is 185. The first kappa shape index (κ1) is 7.49. The molecular weight excluding hydrogens is 146 g/mol. The Balaban J connectivity index is 2.14. The third-order valence-electron chi connectivity index (χ3n) is 2.66. The molecule has 11 heavy (non-hydrogen) atoms. The number of fused-ring (bicyclic) bond motifs is 1. The van der Waals surface area contributed by atoms with Crippen LogP contribution in [0.15, 0.2) is 0 Å². The van der Waals surface area contributed by atoms with Crippen LogP contribution >= 0.6 is 0 Å². The SMILES string of the molecule is C[C@@H]1OC2(O)CC2[C@@H](N)[C@H]1O. The van der Waals surface area contributed by atoms with E-state index in [9.17, 15) is 10.2 Å². The average molecular weight is 159 g/mol. The highest BCUT2D eigenvalue weighted by molar-refractivity contribution is 5.08. The van der Waals surface area contributed by atoms with Crippen molar-refractivity contribution in [2.45, 2.75) is 37.4 Å². The van der Waals surface area contributed by atoms with Crippen LogP contribution in [0.5, 0.6) is 0 Å². The van der Waals surface area contributed by atoms with Gasteiger partial charge in [-0.3, -0.25) is 0 Å². The Labute approximate surface area is 65.0 Å². The number of hydrogen-bond acceptors (Lipinski definition) is 4. The molecule has 5 atom stereocenters. The van der Waals surface area contributed by atoms with Gasteiger partial charge in [0.05, 0.1) is 12.2 Å². The molecule has 0 aromatic rings. The fourth-order valence-electron chi connectivity index (χ4n) is 1.77. The second-order valence-corrected chi connectivity index (χ2v) is 3.55. The Morgan fingerprint density at radius 2 is 2.27 bits per heavy atom. The van der Waals surface area contributed by atoms with E-state index in [-0.39, 0.29) is 18.1 Å². The lowest BCUT2D eigenvalue weighted by molar-refractivity contribution is -0.217. The third kappa shape index (κ3) is 0.906. The molecule has 1 saturated heterocycles. The van der Waals surface area contributed by atoms with Crippen LogP contribution in [0.3, 0.4) is 0 Å². The van der Waals surface area contributed by atoms with Crippen molar-refractivity contribution in [3.63, 3.8) is 0 Å². The Hall–Kier alpha value is -0.160. The summed E-state index contributed by atoms with van der Waals surface area (Å²) in [6, 6.07) is -0.330. The molecule has 0 bridgehead atoms. The Morgan fingerprint density at radius 3 is 2.91 bits per heavy atom. The van der Waals surface area contributed by atoms with E-state index in [1.54, 1.807) is 6.92 Å². The summed E-state index contributed by atoms with van der Waals surface area (Å²) in [5.74, 6) is -1.08. The third-order valence-corrected chi connectivity index (χ3v) is 2.66. The largest absolute Gasteiger partial charge is 0.389 e. The summed E-state index contributed by atoms with van der Waals surface area (Å²) >= 11 is 0. The van der Waals surface area contributed by atoms with Crippen LogP contribution in [0.2, 0.25) is 0 Å². The lowest BCUT2D eigenvalue weighted by Gasteiger charge is -2.33. The zero-order chi connectivity index (χ0) is 8.22. The van der Waals surface area contributed by atoms with Gasteiger partial charge in [-0.2, -0.15) is 0 Å². The first-order valence-corrected chi connectivity index (χ1v) is 3.88. The molecule has 0 aromatic carbocycles. The van der Waals surface area contributed by atoms with Crippen molar-refractivity contribution in [2.24, 2.45) is 11.7 Å². The zero-order valence-electron chi connectivity index (χ0n) is 6.40. The molecule has 1 saturated carbocycles. The first-order chi connectivity index (χ1) is 5.04. The maximum Gasteiger partial charge on any atom is 0.171 e. The van der Waals surface area contributed by atoms with E-state index in [1.165, 1.54) is 0 Å². The van der Waals surface area contributed by atoms with Gasteiger partial charge in [-0.15, -0.1) is 0 Å². The molecule has 0 amide bonds. The molecular formula is C7H13NO3. The maximum atomic E-state index is 9.49. The second kappa shape index (κ2) is 1.95. The zero-order valence-corrected chi connectivity index (χ0v) is 6.40. The maximum absolute atomic E-state index is 9.49. The summed E-state index contributed by atoms with van der Waals surface area (Å²) in [5, 5.41) is 18.9. The minimum atomic E-state index is -1.02. The van der Waals surface area contributed by atoms with Crippen molar-refractivity contribution in [2.75, 3.05) is 0 Å². The van der Waals surface area contributed by atoms with E-state index in [2.05, 4.69) is 0 Å². The summed E-state index contributed by atoms with van der Waals surface area (Å²) in [7, 11) is 0. The quantitative estimate of drug-likeness (QED) is 0.415. The van der Waals surface area contributed by atoms with Crippen LogP contribution in [-0.4, -0.2) is 34.2 Å². The van der Waals surface area contributed by atoms with Crippen molar-refractivity contribution in [3.05, 3.63) is 0 Å². The smallest absolute Gasteiger partial charge is 0.171 e. The van der Waals surface area contributed by atoms with E-state index >= 15 is 0 Å². The minimum absolute atomic E-state index is 0.0614. The number of aliphatic hydroxyl groups is 2. The van der Waals surface area contributed by atoms with Gasteiger partial charge in [0.25, 0.3) is 0 Å². The normalized spacial score (nSPS) is 62.2. The van der Waals surface area contributed by atoms with Crippen molar-refractivity contribution in [1.82, 2.24) is 0 Å². The molecule has 2 rings (SSSR count). The standard InChI is InChI=1S/C7H13NO3/c1-3-6(9)5(8)4-2-7(4,10)11-3/h3-6,9-10H,2,8H2,1H3/t3-,4?,5+,6-,7?/m0/s1. The summed E-state index contributed by atoms with van der Waals surface area (Å²) < 4.78 is 5.16. The lowest BCUT2D eigenvalue weighted by Crippen LogP contribution is -2.52. The van der Waals surface area contributed by atoms with Gasteiger partial charge in [-0.1, -0.05) is 0 Å². The van der Waals surface area contributed by atoms with Crippen molar-refractivity contribution in [3.8, 4) is 0 Å². The van der Waals surface area contributed by atoms with Gasteiger partial charge in [0.15, 0.2) is 5.79 Å². The van der Waals surface area contributed by atoms with Gasteiger partial charge >= 0.3 is 0 Å². The van der Waals surface area contributed by atoms with Crippen molar-refractivity contribution < 1.29 is 14.9 Å². The highest BCUT2D eigenvalue weighted by atomic mass is 16.6. The molecule has 2 fully saturated rings. The van der Waals surface area contributed by atoms with Crippen LogP contribution in [0, 0.1) is 5.92 Å². The van der Waals surface area contributed by atoms with Gasteiger partial charge in [0.2, 0.25) is 0 Å². The predicted molar refractivity (Wildman–Crippen MR) is 37.6 cm³/mol. The van der Waals surface area contributed by atoms with E-state index in [0.717, 1.165) is 0 Å². The fourth-order valence-corrected chi connectivity index (χ4v) is 1.77. The Kier molecular flexibility index (Phi) is 1.33. The lowest BCUT2D eigenvalue weighted by atomic mass is 10.00. The first-order valence-electron chi connectivity index (χ1n) is 3.88. The molecule has 2 unspecified atom stereocenters. The highest BCUT2D eigenvalue weighted by Crippen LogP contribution is 2.51. The number of hydrogen-bond donors (Lipinski definition) is 3. The minimum Gasteiger partial charge on any atom is -0.389 e. The fraction of sp³-hybridized carbons (Fsp3) is 1.00. The summed E-state index contributed by atoms with van der Waals surface area (Å²) in [4.78, 5) is 0. The van der Waals surface area contributed by atoms with Gasteiger partial charge in [0, 0.05) is 18.4 Å². The second-order valence-electron chi connectivity index (χ2n) is 3.55. The molecule has 4 N–H and O–H groups in total. The summed E-state index contributed by atoms with van der Waals surface area (Å²) in [6.45, 7) is 1.72. The summed E-state index contributed by atoms with van der Waals surface area (Å²) in [5.41, 5.74) is 5.65. The highest BCUT2D eigenvalue weighted by Gasteiger charge is 2.63. The predicted octanol–water partition coefficient (Wildman–Crippen LogP) is -1.20. The summed E-state index contributed by atoms with van der Waals surface area (Å²) in [6.07, 6.45) is -0.424. The molecule has 1 heterocycles. The van der Waals surface area contributed by atoms with Gasteiger partial charge in [-0.25, -0.2) is 0 Å². The van der Waals surface area contributed by atoms with Crippen LogP contribution in [0.1, 0.15) is 13.3 Å². The van der Waals surface area contributed by atoms with Crippen molar-refractivity contribution in [1.29, 1.82) is 0 Å². The van der Waals surface area contributed by atoms with E-state index in [0.29, 0.717) is 6.42 Å². The molecule has 64 valence electrons. The van der Waals surface area contributed by atoms with Crippen molar-refractivity contribution >= 4 is 0 Å². The molecule has 1 aliphatic heterocycles. The topological polar surface area (TPSA) is 75.7 Å². The van der Waals surface area contributed by atoms with Gasteiger partial charge in [0.1, 0.15) is 0 Å². The van der Waals surface area contributed by atoms with Gasteiger partial charge in [-0.05, 0) is 6.92 Å². The van der Waals surface area contributed by atoms with Crippen LogP contribution in [0.4, 0.5) is 0 Å². The molecule has 0 aromatic heterocycles.